The lowest BCUT2D eigenvalue weighted by molar-refractivity contribution is -0.236. The zero-order valence-corrected chi connectivity index (χ0v) is 25.4. The topological polar surface area (TPSA) is 52.6 Å². The summed E-state index contributed by atoms with van der Waals surface area (Å²) in [6.45, 7) is 20.1. The minimum Gasteiger partial charge on any atom is -0.463 e. The van der Waals surface area contributed by atoms with Crippen molar-refractivity contribution in [1.29, 1.82) is 0 Å². The van der Waals surface area contributed by atoms with Gasteiger partial charge in [-0.1, -0.05) is 48.5 Å². The molecule has 5 saturated carbocycles. The first-order valence-electron chi connectivity index (χ1n) is 15.7. The second kappa shape index (κ2) is 8.20. The molecule has 0 amide bonds. The van der Waals surface area contributed by atoms with E-state index in [1.54, 1.807) is 0 Å². The predicted molar refractivity (Wildman–Crippen MR) is 149 cm³/mol. The maximum atomic E-state index is 13.7. The molecule has 0 aromatic heterocycles. The number of Topliss-reactive ketones (excluding diaryl/α,β-unsaturated/α-hetero) is 1. The van der Waals surface area contributed by atoms with E-state index in [0.29, 0.717) is 47.9 Å². The highest BCUT2D eigenvalue weighted by Gasteiger charge is 2.73. The lowest BCUT2D eigenvalue weighted by atomic mass is 9.31. The van der Waals surface area contributed by atoms with Crippen LogP contribution in [0.3, 0.4) is 0 Å². The third-order valence-corrected chi connectivity index (χ3v) is 14.3. The summed E-state index contributed by atoms with van der Waals surface area (Å²) in [6, 6.07) is 0. The first-order chi connectivity index (χ1) is 17.7. The molecule has 6 fully saturated rings. The zero-order valence-electron chi connectivity index (χ0n) is 25.4. The number of ether oxygens (including phenoxy) is 2. The van der Waals surface area contributed by atoms with Crippen molar-refractivity contribution in [1.82, 2.24) is 0 Å². The normalized spacial score (nSPS) is 51.4. The van der Waals surface area contributed by atoms with E-state index in [-0.39, 0.29) is 33.4 Å². The Morgan fingerprint density at radius 1 is 0.921 bits per heavy atom. The fourth-order valence-electron chi connectivity index (χ4n) is 12.3. The number of ketones is 1. The summed E-state index contributed by atoms with van der Waals surface area (Å²) in [5.74, 6) is 2.11. The number of fused-ring (bicyclic) bond motifs is 5. The number of esters is 1. The van der Waals surface area contributed by atoms with Gasteiger partial charge in [0.15, 0.2) is 5.78 Å². The maximum absolute atomic E-state index is 13.7. The minimum atomic E-state index is -0.457. The summed E-state index contributed by atoms with van der Waals surface area (Å²) in [6.07, 6.45) is 12.8. The molecule has 4 heteroatoms. The van der Waals surface area contributed by atoms with Crippen molar-refractivity contribution in [3.05, 3.63) is 11.6 Å². The Balaban J connectivity index is 1.39. The van der Waals surface area contributed by atoms with Gasteiger partial charge in [-0.3, -0.25) is 4.79 Å². The van der Waals surface area contributed by atoms with Crippen LogP contribution in [0.15, 0.2) is 11.6 Å². The number of rotatable bonds is 2. The molecule has 1 saturated heterocycles. The average Bonchev–Trinajstić information content (AvgIpc) is 3.17. The quantitative estimate of drug-likeness (QED) is 0.276. The van der Waals surface area contributed by atoms with Crippen molar-refractivity contribution in [2.45, 2.75) is 119 Å². The van der Waals surface area contributed by atoms with Crippen LogP contribution in [0.5, 0.6) is 0 Å². The summed E-state index contributed by atoms with van der Waals surface area (Å²) in [7, 11) is 0. The molecular weight excluding hydrogens is 472 g/mol. The van der Waals surface area contributed by atoms with Crippen LogP contribution >= 0.6 is 0 Å². The number of hydrogen-bond acceptors (Lipinski definition) is 4. The highest BCUT2D eigenvalue weighted by atomic mass is 16.5. The van der Waals surface area contributed by atoms with Crippen LogP contribution in [0.1, 0.15) is 113 Å². The Bertz CT molecular complexity index is 1070. The van der Waals surface area contributed by atoms with Crippen LogP contribution < -0.4 is 0 Å². The number of allylic oxidation sites excluding steroid dienone is 1. The van der Waals surface area contributed by atoms with Gasteiger partial charge in [0.2, 0.25) is 0 Å². The third kappa shape index (κ3) is 3.25. The van der Waals surface area contributed by atoms with Crippen molar-refractivity contribution >= 4 is 11.8 Å². The third-order valence-electron chi connectivity index (χ3n) is 14.3. The van der Waals surface area contributed by atoms with E-state index < -0.39 is 5.41 Å². The molecule has 212 valence electrons. The SMILES string of the molecule is CCOC(=O)/C=C1\C[C@@]2(C)[C@H](CC[C@]3(C)[C@@H]2CC[C@H]2[C@@H]4[C@H]5OC[C@@]4(CCC5(C)C)CC[C@]23C)C(C)(C)C1=O. The van der Waals surface area contributed by atoms with Crippen molar-refractivity contribution in [2.75, 3.05) is 13.2 Å². The molecule has 38 heavy (non-hydrogen) atoms. The molecular formula is C34H52O4. The summed E-state index contributed by atoms with van der Waals surface area (Å²) in [5, 5.41) is 0. The second-order valence-electron chi connectivity index (χ2n) is 16.4. The van der Waals surface area contributed by atoms with Gasteiger partial charge in [-0.05, 0) is 115 Å². The van der Waals surface area contributed by atoms with Gasteiger partial charge in [-0.25, -0.2) is 4.79 Å². The van der Waals surface area contributed by atoms with Gasteiger partial charge in [0, 0.05) is 17.1 Å². The van der Waals surface area contributed by atoms with Gasteiger partial charge in [-0.2, -0.15) is 0 Å². The molecule has 6 rings (SSSR count). The summed E-state index contributed by atoms with van der Waals surface area (Å²) in [4.78, 5) is 26.2. The smallest absolute Gasteiger partial charge is 0.331 e. The highest BCUT2D eigenvalue weighted by Crippen LogP contribution is 2.78. The van der Waals surface area contributed by atoms with Gasteiger partial charge in [0.25, 0.3) is 0 Å². The Morgan fingerprint density at radius 3 is 2.34 bits per heavy atom. The van der Waals surface area contributed by atoms with Crippen molar-refractivity contribution in [3.63, 3.8) is 0 Å². The molecule has 1 heterocycles. The summed E-state index contributed by atoms with van der Waals surface area (Å²) < 4.78 is 12.0. The Labute approximate surface area is 231 Å². The van der Waals surface area contributed by atoms with Gasteiger partial charge in [0.05, 0.1) is 19.3 Å². The lowest BCUT2D eigenvalue weighted by Crippen LogP contribution is -2.67. The van der Waals surface area contributed by atoms with Crippen molar-refractivity contribution < 1.29 is 19.1 Å². The molecule has 6 aliphatic rings. The number of carbonyl (C=O) groups excluding carboxylic acids is 2. The van der Waals surface area contributed by atoms with Crippen molar-refractivity contribution in [3.8, 4) is 0 Å². The van der Waals surface area contributed by atoms with E-state index in [2.05, 4.69) is 48.5 Å². The van der Waals surface area contributed by atoms with E-state index in [0.717, 1.165) is 18.9 Å². The molecule has 0 aromatic carbocycles. The molecule has 5 aliphatic carbocycles. The van der Waals surface area contributed by atoms with Crippen molar-refractivity contribution in [2.24, 2.45) is 56.2 Å². The average molecular weight is 525 g/mol. The first kappa shape index (κ1) is 27.0. The van der Waals surface area contributed by atoms with Crippen LogP contribution in [0.25, 0.3) is 0 Å². The van der Waals surface area contributed by atoms with E-state index in [9.17, 15) is 9.59 Å². The number of carbonyl (C=O) groups is 2. The molecule has 2 bridgehead atoms. The standard InChI is InChI=1S/C34H52O4/c1-9-37-25(35)18-21-19-31(6)23(30(4,5)27(21)36)12-13-33(8)24(31)11-10-22-26-28-29(2,3)14-16-34(26,20-38-28)17-15-32(22,33)7/h18,22-24,26,28H,9-17,19-20H2,1-8H3/b21-18+/t22-,23+,24+,26+,28+,31-,32+,33+,34+/m0/s1. The fraction of sp³-hybridized carbons (Fsp3) is 0.882. The van der Waals surface area contributed by atoms with Crippen LogP contribution in [0.4, 0.5) is 0 Å². The molecule has 9 atom stereocenters. The fourth-order valence-corrected chi connectivity index (χ4v) is 12.3. The van der Waals surface area contributed by atoms with E-state index in [1.165, 1.54) is 51.0 Å². The van der Waals surface area contributed by atoms with Crippen LogP contribution in [0, 0.1) is 56.2 Å². The molecule has 4 nitrogen and oxygen atoms in total. The van der Waals surface area contributed by atoms with Crippen LogP contribution in [0.2, 0.25) is 0 Å². The molecule has 0 spiro atoms. The Hall–Kier alpha value is -1.16. The molecule has 0 unspecified atom stereocenters. The maximum Gasteiger partial charge on any atom is 0.331 e. The summed E-state index contributed by atoms with van der Waals surface area (Å²) in [5.41, 5.74) is 1.44. The predicted octanol–water partition coefficient (Wildman–Crippen LogP) is 7.55. The molecule has 0 N–H and O–H groups in total. The van der Waals surface area contributed by atoms with E-state index in [1.807, 2.05) is 6.92 Å². The molecule has 1 aliphatic heterocycles. The van der Waals surface area contributed by atoms with Gasteiger partial charge in [-0.15, -0.1) is 0 Å². The van der Waals surface area contributed by atoms with Gasteiger partial charge < -0.3 is 9.47 Å². The first-order valence-corrected chi connectivity index (χ1v) is 15.7. The molecule has 0 radical (unpaired) electrons. The Morgan fingerprint density at radius 2 is 1.63 bits per heavy atom. The van der Waals surface area contributed by atoms with Gasteiger partial charge in [0.1, 0.15) is 0 Å². The lowest BCUT2D eigenvalue weighted by Gasteiger charge is -2.73. The minimum absolute atomic E-state index is 0.00711. The largest absolute Gasteiger partial charge is 0.463 e. The van der Waals surface area contributed by atoms with Crippen LogP contribution in [-0.2, 0) is 19.1 Å². The Kier molecular flexibility index (Phi) is 5.83. The second-order valence-corrected chi connectivity index (χ2v) is 16.4. The highest BCUT2D eigenvalue weighted by molar-refractivity contribution is 6.04. The monoisotopic (exact) mass is 524 g/mol. The van der Waals surface area contributed by atoms with E-state index >= 15 is 0 Å². The number of hydrogen-bond donors (Lipinski definition) is 0. The zero-order chi connectivity index (χ0) is 27.5. The van der Waals surface area contributed by atoms with Crippen LogP contribution in [-0.4, -0.2) is 31.1 Å². The molecule has 0 aromatic rings. The summed E-state index contributed by atoms with van der Waals surface area (Å²) >= 11 is 0. The van der Waals surface area contributed by atoms with Gasteiger partial charge >= 0.3 is 5.97 Å². The van der Waals surface area contributed by atoms with E-state index in [4.69, 9.17) is 9.47 Å².